The lowest BCUT2D eigenvalue weighted by Gasteiger charge is -2.16. The first kappa shape index (κ1) is 31.0. The van der Waals surface area contributed by atoms with Crippen LogP contribution in [0.2, 0.25) is 0 Å². The molecule has 3 nitrogen and oxygen atoms in total. The molecule has 0 spiro atoms. The zero-order chi connectivity index (χ0) is 35.1. The van der Waals surface area contributed by atoms with Crippen molar-refractivity contribution < 1.29 is 0 Å². The molecule has 0 radical (unpaired) electrons. The van der Waals surface area contributed by atoms with Gasteiger partial charge < -0.3 is 0 Å². The zero-order valence-electron chi connectivity index (χ0n) is 28.6. The van der Waals surface area contributed by atoms with Crippen molar-refractivity contribution in [3.05, 3.63) is 188 Å². The standard InChI is InChI=1S/C49H31N3S/c1-3-13-32(14-4-1)33-25-27-35(28-26-33)40-30-29-34-15-7-8-20-39(34)45(40)37-18-11-19-38(31-37)48-50-47(36-16-5-2-6-17-36)51-49(52-48)43-23-12-22-42-41-21-9-10-24-44(41)53-46(42)43/h1-31H. The minimum absolute atomic E-state index is 0.641. The molecule has 0 saturated carbocycles. The summed E-state index contributed by atoms with van der Waals surface area (Å²) in [5.74, 6) is 1.96. The second-order valence-corrected chi connectivity index (χ2v) is 14.2. The second kappa shape index (κ2) is 13.1. The van der Waals surface area contributed by atoms with Crippen molar-refractivity contribution >= 4 is 42.3 Å². The van der Waals surface area contributed by atoms with E-state index in [1.165, 1.54) is 58.8 Å². The van der Waals surface area contributed by atoms with Crippen molar-refractivity contribution in [3.63, 3.8) is 0 Å². The fourth-order valence-corrected chi connectivity index (χ4v) is 8.59. The minimum atomic E-state index is 0.641. The van der Waals surface area contributed by atoms with Gasteiger partial charge in [0.15, 0.2) is 17.5 Å². The van der Waals surface area contributed by atoms with Crippen LogP contribution in [0.1, 0.15) is 0 Å². The van der Waals surface area contributed by atoms with E-state index in [-0.39, 0.29) is 0 Å². The predicted octanol–water partition coefficient (Wildman–Crippen LogP) is 13.4. The fraction of sp³-hybridized carbons (Fsp3) is 0. The van der Waals surface area contributed by atoms with Gasteiger partial charge in [-0.3, -0.25) is 0 Å². The Morgan fingerprint density at radius 1 is 0.321 bits per heavy atom. The number of benzene rings is 8. The van der Waals surface area contributed by atoms with Crippen LogP contribution in [0.5, 0.6) is 0 Å². The van der Waals surface area contributed by atoms with Gasteiger partial charge in [0, 0.05) is 36.9 Å². The molecule has 0 fully saturated rings. The molecule has 0 N–H and O–H groups in total. The molecule has 8 aromatic carbocycles. The van der Waals surface area contributed by atoms with Crippen molar-refractivity contribution in [2.24, 2.45) is 0 Å². The third kappa shape index (κ3) is 5.66. The van der Waals surface area contributed by atoms with E-state index >= 15 is 0 Å². The summed E-state index contributed by atoms with van der Waals surface area (Å²) in [4.78, 5) is 15.4. The fourth-order valence-electron chi connectivity index (χ4n) is 7.37. The summed E-state index contributed by atoms with van der Waals surface area (Å²) < 4.78 is 2.43. The van der Waals surface area contributed by atoms with E-state index in [1.54, 1.807) is 11.3 Å². The van der Waals surface area contributed by atoms with Gasteiger partial charge in [-0.05, 0) is 62.4 Å². The third-order valence-electron chi connectivity index (χ3n) is 9.95. The molecule has 2 aromatic heterocycles. The highest BCUT2D eigenvalue weighted by molar-refractivity contribution is 7.26. The Bertz CT molecular complexity index is 2930. The SMILES string of the molecule is c1ccc(-c2ccc(-c3ccc4ccccc4c3-c3cccc(-c4nc(-c5ccccc5)nc(-c5cccc6c5sc5ccccc56)n4)c3)cc2)cc1. The molecule has 0 saturated heterocycles. The Hall–Kier alpha value is -6.75. The Balaban J connectivity index is 1.15. The molecule has 0 amide bonds. The summed E-state index contributed by atoms with van der Waals surface area (Å²) >= 11 is 1.79. The van der Waals surface area contributed by atoms with E-state index in [2.05, 4.69) is 170 Å². The van der Waals surface area contributed by atoms with Crippen molar-refractivity contribution in [2.45, 2.75) is 0 Å². The first-order valence-corrected chi connectivity index (χ1v) is 18.6. The number of fused-ring (bicyclic) bond motifs is 4. The molecule has 10 aromatic rings. The van der Waals surface area contributed by atoms with Crippen LogP contribution in [0.25, 0.3) is 98.5 Å². The molecule has 0 bridgehead atoms. The molecule has 4 heteroatoms. The Kier molecular flexibility index (Phi) is 7.67. The number of hydrogen-bond acceptors (Lipinski definition) is 4. The van der Waals surface area contributed by atoms with E-state index in [1.807, 2.05) is 18.2 Å². The normalized spacial score (nSPS) is 11.4. The summed E-state index contributed by atoms with van der Waals surface area (Å²) in [6.07, 6.45) is 0. The van der Waals surface area contributed by atoms with E-state index in [0.717, 1.165) is 22.3 Å². The van der Waals surface area contributed by atoms with Crippen LogP contribution in [0.15, 0.2) is 188 Å². The smallest absolute Gasteiger partial charge is 0.165 e. The molecule has 0 aliphatic carbocycles. The molecule has 0 unspecified atom stereocenters. The highest BCUT2D eigenvalue weighted by atomic mass is 32.1. The van der Waals surface area contributed by atoms with Crippen LogP contribution < -0.4 is 0 Å². The quantitative estimate of drug-likeness (QED) is 0.174. The van der Waals surface area contributed by atoms with Gasteiger partial charge >= 0.3 is 0 Å². The van der Waals surface area contributed by atoms with Crippen LogP contribution in [0.4, 0.5) is 0 Å². The van der Waals surface area contributed by atoms with Gasteiger partial charge in [0.05, 0.1) is 0 Å². The monoisotopic (exact) mass is 693 g/mol. The van der Waals surface area contributed by atoms with Crippen molar-refractivity contribution in [3.8, 4) is 67.5 Å². The summed E-state index contributed by atoms with van der Waals surface area (Å²) in [5, 5.41) is 4.86. The maximum absolute atomic E-state index is 5.22. The van der Waals surface area contributed by atoms with Crippen molar-refractivity contribution in [1.82, 2.24) is 15.0 Å². The maximum Gasteiger partial charge on any atom is 0.165 e. The molecule has 2 heterocycles. The number of nitrogens with zero attached hydrogens (tertiary/aromatic N) is 3. The van der Waals surface area contributed by atoms with Crippen LogP contribution in [-0.2, 0) is 0 Å². The number of aromatic nitrogens is 3. The van der Waals surface area contributed by atoms with Gasteiger partial charge in [-0.2, -0.15) is 0 Å². The molecule has 0 atom stereocenters. The molecule has 248 valence electrons. The van der Waals surface area contributed by atoms with Gasteiger partial charge in [-0.25, -0.2) is 15.0 Å². The largest absolute Gasteiger partial charge is 0.208 e. The maximum atomic E-state index is 5.22. The molecule has 53 heavy (non-hydrogen) atoms. The molecule has 0 aliphatic heterocycles. The number of thiophene rings is 1. The lowest BCUT2D eigenvalue weighted by molar-refractivity contribution is 1.08. The van der Waals surface area contributed by atoms with Crippen LogP contribution in [0, 0.1) is 0 Å². The number of rotatable bonds is 6. The van der Waals surface area contributed by atoms with E-state index in [4.69, 9.17) is 15.0 Å². The van der Waals surface area contributed by atoms with Crippen LogP contribution >= 0.6 is 11.3 Å². The predicted molar refractivity (Wildman–Crippen MR) is 223 cm³/mol. The average Bonchev–Trinajstić information content (AvgIpc) is 3.63. The number of hydrogen-bond donors (Lipinski definition) is 0. The zero-order valence-corrected chi connectivity index (χ0v) is 29.5. The van der Waals surface area contributed by atoms with Crippen molar-refractivity contribution in [1.29, 1.82) is 0 Å². The van der Waals surface area contributed by atoms with Gasteiger partial charge in [-0.15, -0.1) is 11.3 Å². The molecule has 10 rings (SSSR count). The first-order valence-electron chi connectivity index (χ1n) is 17.8. The lowest BCUT2D eigenvalue weighted by Crippen LogP contribution is -2.00. The Morgan fingerprint density at radius 2 is 0.887 bits per heavy atom. The van der Waals surface area contributed by atoms with E-state index in [0.29, 0.717) is 17.5 Å². The Labute approximate surface area is 311 Å². The van der Waals surface area contributed by atoms with Crippen LogP contribution in [0.3, 0.4) is 0 Å². The van der Waals surface area contributed by atoms with E-state index < -0.39 is 0 Å². The molecule has 0 aliphatic rings. The Morgan fingerprint density at radius 3 is 1.70 bits per heavy atom. The third-order valence-corrected chi connectivity index (χ3v) is 11.2. The van der Waals surface area contributed by atoms with E-state index in [9.17, 15) is 0 Å². The van der Waals surface area contributed by atoms with Crippen molar-refractivity contribution in [2.75, 3.05) is 0 Å². The summed E-state index contributed by atoms with van der Waals surface area (Å²) in [6, 6.07) is 66.4. The average molecular weight is 694 g/mol. The van der Waals surface area contributed by atoms with Gasteiger partial charge in [-0.1, -0.05) is 170 Å². The highest BCUT2D eigenvalue weighted by Crippen LogP contribution is 2.42. The minimum Gasteiger partial charge on any atom is -0.208 e. The molecular formula is C49H31N3S. The first-order chi connectivity index (χ1) is 26.3. The second-order valence-electron chi connectivity index (χ2n) is 13.2. The summed E-state index contributed by atoms with van der Waals surface area (Å²) in [6.45, 7) is 0. The van der Waals surface area contributed by atoms with Gasteiger partial charge in [0.25, 0.3) is 0 Å². The molecular weight excluding hydrogens is 663 g/mol. The summed E-state index contributed by atoms with van der Waals surface area (Å²) in [7, 11) is 0. The van der Waals surface area contributed by atoms with Crippen LogP contribution in [-0.4, -0.2) is 15.0 Å². The topological polar surface area (TPSA) is 38.7 Å². The summed E-state index contributed by atoms with van der Waals surface area (Å²) in [5.41, 5.74) is 9.94. The van der Waals surface area contributed by atoms with Gasteiger partial charge in [0.1, 0.15) is 0 Å². The van der Waals surface area contributed by atoms with Gasteiger partial charge in [0.2, 0.25) is 0 Å². The highest BCUT2D eigenvalue weighted by Gasteiger charge is 2.18. The lowest BCUT2D eigenvalue weighted by atomic mass is 9.88.